The maximum Gasteiger partial charge on any atom is 0.158 e. The molecule has 1 aliphatic heterocycles. The van der Waals surface area contributed by atoms with Crippen molar-refractivity contribution in [2.45, 2.75) is 13.0 Å². The van der Waals surface area contributed by atoms with Crippen LogP contribution in [0, 0.1) is 12.7 Å². The molecule has 4 rings (SSSR count). The number of anilines is 1. The number of ether oxygens (including phenoxy) is 1. The van der Waals surface area contributed by atoms with Crippen molar-refractivity contribution in [3.05, 3.63) is 36.0 Å². The fourth-order valence-corrected chi connectivity index (χ4v) is 2.90. The Bertz CT molecular complexity index is 888. The van der Waals surface area contributed by atoms with Crippen LogP contribution in [0.1, 0.15) is 11.6 Å². The number of hydrogen-bond donors (Lipinski definition) is 1. The van der Waals surface area contributed by atoms with Crippen LogP contribution in [0.2, 0.25) is 0 Å². The SMILES string of the molecule is CNc1ncnc2c(F)c(-c3c(C)cnn3C3COC3)ccc12. The van der Waals surface area contributed by atoms with Crippen LogP contribution in [0.4, 0.5) is 10.2 Å². The molecule has 118 valence electrons. The standard InChI is InChI=1S/C16H16FN5O/c1-9-5-21-22(10-6-23-7-10)15(9)11-3-4-12-14(13(11)17)19-8-20-16(12)18-2/h3-5,8,10H,6-7H2,1-2H3,(H,18,19,20). The fourth-order valence-electron chi connectivity index (χ4n) is 2.90. The van der Waals surface area contributed by atoms with Crippen LogP contribution in [0.25, 0.3) is 22.2 Å². The zero-order chi connectivity index (χ0) is 16.0. The Morgan fingerprint density at radius 1 is 1.30 bits per heavy atom. The van der Waals surface area contributed by atoms with Crippen molar-refractivity contribution < 1.29 is 9.13 Å². The zero-order valence-electron chi connectivity index (χ0n) is 12.9. The second-order valence-corrected chi connectivity index (χ2v) is 5.61. The van der Waals surface area contributed by atoms with Crippen molar-refractivity contribution in [1.29, 1.82) is 0 Å². The highest BCUT2D eigenvalue weighted by atomic mass is 19.1. The molecule has 0 bridgehead atoms. The van der Waals surface area contributed by atoms with Gasteiger partial charge < -0.3 is 10.1 Å². The first kappa shape index (κ1) is 14.1. The number of nitrogens with zero attached hydrogens (tertiary/aromatic N) is 4. The van der Waals surface area contributed by atoms with Crippen LogP contribution in [0.15, 0.2) is 24.7 Å². The van der Waals surface area contributed by atoms with E-state index in [9.17, 15) is 0 Å². The van der Waals surface area contributed by atoms with E-state index in [0.717, 1.165) is 11.3 Å². The Kier molecular flexibility index (Phi) is 3.23. The lowest BCUT2D eigenvalue weighted by Crippen LogP contribution is -2.31. The largest absolute Gasteiger partial charge is 0.377 e. The summed E-state index contributed by atoms with van der Waals surface area (Å²) in [6.45, 7) is 3.14. The van der Waals surface area contributed by atoms with E-state index >= 15 is 4.39 Å². The van der Waals surface area contributed by atoms with Gasteiger partial charge in [-0.2, -0.15) is 5.10 Å². The van der Waals surface area contributed by atoms with E-state index in [2.05, 4.69) is 20.4 Å². The first-order valence-corrected chi connectivity index (χ1v) is 7.44. The van der Waals surface area contributed by atoms with Crippen molar-refractivity contribution in [2.75, 3.05) is 25.6 Å². The van der Waals surface area contributed by atoms with Gasteiger partial charge in [-0.15, -0.1) is 0 Å². The third-order valence-corrected chi connectivity index (χ3v) is 4.18. The Morgan fingerprint density at radius 2 is 2.13 bits per heavy atom. The lowest BCUT2D eigenvalue weighted by atomic mass is 10.0. The quantitative estimate of drug-likeness (QED) is 0.805. The molecule has 23 heavy (non-hydrogen) atoms. The lowest BCUT2D eigenvalue weighted by Gasteiger charge is -2.28. The number of halogens is 1. The van der Waals surface area contributed by atoms with Crippen molar-refractivity contribution in [2.24, 2.45) is 0 Å². The molecule has 1 saturated heterocycles. The molecule has 0 spiro atoms. The predicted molar refractivity (Wildman–Crippen MR) is 84.9 cm³/mol. The number of aryl methyl sites for hydroxylation is 1. The molecule has 0 atom stereocenters. The molecular formula is C16H16FN5O. The molecule has 0 amide bonds. The molecule has 3 heterocycles. The second-order valence-electron chi connectivity index (χ2n) is 5.61. The van der Waals surface area contributed by atoms with Crippen molar-refractivity contribution in [3.63, 3.8) is 0 Å². The van der Waals surface area contributed by atoms with Crippen LogP contribution in [-0.2, 0) is 4.74 Å². The van der Waals surface area contributed by atoms with Crippen molar-refractivity contribution in [3.8, 4) is 11.3 Å². The summed E-state index contributed by atoms with van der Waals surface area (Å²) in [7, 11) is 1.75. The lowest BCUT2D eigenvalue weighted by molar-refractivity contribution is -0.0279. The van der Waals surface area contributed by atoms with Gasteiger partial charge in [0.1, 0.15) is 17.7 Å². The average Bonchev–Trinajstić information content (AvgIpc) is 2.87. The molecule has 1 fully saturated rings. The van der Waals surface area contributed by atoms with Gasteiger partial charge >= 0.3 is 0 Å². The van der Waals surface area contributed by atoms with Crippen LogP contribution in [0.3, 0.4) is 0 Å². The number of fused-ring (bicyclic) bond motifs is 1. The molecule has 6 nitrogen and oxygen atoms in total. The first-order chi connectivity index (χ1) is 11.2. The third-order valence-electron chi connectivity index (χ3n) is 4.18. The van der Waals surface area contributed by atoms with E-state index in [1.165, 1.54) is 6.33 Å². The van der Waals surface area contributed by atoms with Crippen LogP contribution < -0.4 is 5.32 Å². The minimum atomic E-state index is -0.355. The van der Waals surface area contributed by atoms with E-state index in [1.807, 2.05) is 17.7 Å². The summed E-state index contributed by atoms with van der Waals surface area (Å²) < 4.78 is 22.2. The topological polar surface area (TPSA) is 64.9 Å². The molecule has 0 unspecified atom stereocenters. The molecule has 1 aliphatic rings. The maximum atomic E-state index is 15.1. The Hall–Kier alpha value is -2.54. The van der Waals surface area contributed by atoms with Gasteiger partial charge in [-0.1, -0.05) is 0 Å². The molecule has 0 radical (unpaired) electrons. The summed E-state index contributed by atoms with van der Waals surface area (Å²) in [5.74, 6) is 0.254. The molecular weight excluding hydrogens is 297 g/mol. The van der Waals surface area contributed by atoms with E-state index in [-0.39, 0.29) is 11.9 Å². The molecule has 1 aromatic carbocycles. The zero-order valence-corrected chi connectivity index (χ0v) is 12.9. The van der Waals surface area contributed by atoms with Crippen LogP contribution in [0.5, 0.6) is 0 Å². The van der Waals surface area contributed by atoms with Gasteiger partial charge in [-0.3, -0.25) is 4.68 Å². The van der Waals surface area contributed by atoms with Gasteiger partial charge in [-0.05, 0) is 24.6 Å². The monoisotopic (exact) mass is 313 g/mol. The normalized spacial score (nSPS) is 14.9. The smallest absolute Gasteiger partial charge is 0.158 e. The molecule has 0 aliphatic carbocycles. The van der Waals surface area contributed by atoms with Gasteiger partial charge in [0.2, 0.25) is 0 Å². The summed E-state index contributed by atoms with van der Waals surface area (Å²) in [6.07, 6.45) is 3.13. The summed E-state index contributed by atoms with van der Waals surface area (Å²) in [5.41, 5.74) is 2.51. The minimum Gasteiger partial charge on any atom is -0.377 e. The van der Waals surface area contributed by atoms with Crippen molar-refractivity contribution >= 4 is 16.7 Å². The highest BCUT2D eigenvalue weighted by Crippen LogP contribution is 2.34. The van der Waals surface area contributed by atoms with Gasteiger partial charge in [0.05, 0.1) is 31.1 Å². The first-order valence-electron chi connectivity index (χ1n) is 7.44. The number of nitrogens with one attached hydrogen (secondary N) is 1. The fraction of sp³-hybridized carbons (Fsp3) is 0.312. The number of benzene rings is 1. The molecule has 3 aromatic rings. The highest BCUT2D eigenvalue weighted by Gasteiger charge is 2.26. The van der Waals surface area contributed by atoms with Crippen LogP contribution in [-0.4, -0.2) is 40.0 Å². The Balaban J connectivity index is 1.93. The summed E-state index contributed by atoms with van der Waals surface area (Å²) in [4.78, 5) is 8.24. The molecule has 0 saturated carbocycles. The molecule has 1 N–H and O–H groups in total. The van der Waals surface area contributed by atoms with Gasteiger partial charge in [0.25, 0.3) is 0 Å². The number of aromatic nitrogens is 4. The maximum absolute atomic E-state index is 15.1. The van der Waals surface area contributed by atoms with Gasteiger partial charge in [0.15, 0.2) is 5.82 Å². The highest BCUT2D eigenvalue weighted by molar-refractivity contribution is 5.92. The molecule has 7 heteroatoms. The summed E-state index contributed by atoms with van der Waals surface area (Å²) >= 11 is 0. The Labute approximate surface area is 132 Å². The number of rotatable bonds is 3. The Morgan fingerprint density at radius 3 is 2.83 bits per heavy atom. The van der Waals surface area contributed by atoms with Crippen molar-refractivity contribution in [1.82, 2.24) is 19.7 Å². The van der Waals surface area contributed by atoms with Gasteiger partial charge in [-0.25, -0.2) is 14.4 Å². The minimum absolute atomic E-state index is 0.159. The summed E-state index contributed by atoms with van der Waals surface area (Å²) in [6, 6.07) is 3.77. The second kappa shape index (κ2) is 5.27. The van der Waals surface area contributed by atoms with E-state index < -0.39 is 0 Å². The predicted octanol–water partition coefficient (Wildman–Crippen LogP) is 2.55. The third kappa shape index (κ3) is 2.08. The average molecular weight is 313 g/mol. The van der Waals surface area contributed by atoms with Crippen LogP contribution >= 0.6 is 0 Å². The van der Waals surface area contributed by atoms with E-state index in [1.54, 1.807) is 19.3 Å². The summed E-state index contributed by atoms with van der Waals surface area (Å²) in [5, 5.41) is 8.01. The molecule has 2 aromatic heterocycles. The van der Waals surface area contributed by atoms with E-state index in [4.69, 9.17) is 4.74 Å². The number of hydrogen-bond acceptors (Lipinski definition) is 5. The van der Waals surface area contributed by atoms with Gasteiger partial charge in [0, 0.05) is 18.0 Å². The van der Waals surface area contributed by atoms with E-state index in [0.29, 0.717) is 35.5 Å².